The average molecular weight is 410 g/mol. The van der Waals surface area contributed by atoms with Gasteiger partial charge in [0, 0.05) is 14.6 Å². The molecule has 0 radical (unpaired) electrons. The van der Waals surface area contributed by atoms with Crippen LogP contribution in [0.4, 0.5) is 0 Å². The standard InChI is InChI=1S/C12H13BrINO2/c1-8-7-17-5-4-15(8)12(16)10-6-9(14)2-3-11(10)13/h2-3,6,8H,4-5,7H2,1H3. The van der Waals surface area contributed by atoms with Crippen LogP contribution in [0, 0.1) is 3.57 Å². The Balaban J connectivity index is 2.26. The van der Waals surface area contributed by atoms with Gasteiger partial charge >= 0.3 is 0 Å². The van der Waals surface area contributed by atoms with Gasteiger partial charge in [0.1, 0.15) is 0 Å². The van der Waals surface area contributed by atoms with Crippen molar-refractivity contribution < 1.29 is 9.53 Å². The number of hydrogen-bond donors (Lipinski definition) is 0. The molecule has 1 saturated heterocycles. The summed E-state index contributed by atoms with van der Waals surface area (Å²) in [5.74, 6) is 0.0752. The number of morpholine rings is 1. The Bertz CT molecular complexity index is 439. The summed E-state index contributed by atoms with van der Waals surface area (Å²) in [5.41, 5.74) is 0.727. The van der Waals surface area contributed by atoms with Gasteiger partial charge in [0.05, 0.1) is 24.8 Å². The molecule has 0 N–H and O–H groups in total. The Morgan fingerprint density at radius 3 is 3.06 bits per heavy atom. The summed E-state index contributed by atoms with van der Waals surface area (Å²) in [5, 5.41) is 0. The number of ether oxygens (including phenoxy) is 1. The monoisotopic (exact) mass is 409 g/mol. The van der Waals surface area contributed by atoms with Gasteiger partial charge in [0.25, 0.3) is 5.91 Å². The molecule has 1 aliphatic heterocycles. The molecule has 0 spiro atoms. The van der Waals surface area contributed by atoms with Gasteiger partial charge in [-0.15, -0.1) is 0 Å². The smallest absolute Gasteiger partial charge is 0.255 e. The predicted octanol–water partition coefficient (Wildman–Crippen LogP) is 2.91. The lowest BCUT2D eigenvalue weighted by Gasteiger charge is -2.33. The van der Waals surface area contributed by atoms with E-state index in [1.165, 1.54) is 0 Å². The maximum absolute atomic E-state index is 12.4. The van der Waals surface area contributed by atoms with Crippen LogP contribution < -0.4 is 0 Å². The molecular weight excluding hydrogens is 397 g/mol. The zero-order valence-electron chi connectivity index (χ0n) is 9.45. The van der Waals surface area contributed by atoms with Gasteiger partial charge in [-0.1, -0.05) is 0 Å². The second-order valence-electron chi connectivity index (χ2n) is 4.05. The zero-order chi connectivity index (χ0) is 12.4. The molecule has 0 bridgehead atoms. The van der Waals surface area contributed by atoms with Crippen LogP contribution in [0.25, 0.3) is 0 Å². The van der Waals surface area contributed by atoms with Crippen LogP contribution in [-0.2, 0) is 4.74 Å². The average Bonchev–Trinajstić information content (AvgIpc) is 2.32. The van der Waals surface area contributed by atoms with Gasteiger partial charge in [0.15, 0.2) is 0 Å². The van der Waals surface area contributed by atoms with Gasteiger partial charge in [-0.3, -0.25) is 4.79 Å². The van der Waals surface area contributed by atoms with E-state index in [9.17, 15) is 4.79 Å². The minimum Gasteiger partial charge on any atom is -0.377 e. The molecule has 0 aliphatic carbocycles. The third-order valence-corrected chi connectivity index (χ3v) is 4.15. The molecule has 1 aliphatic rings. The van der Waals surface area contributed by atoms with Crippen LogP contribution in [0.2, 0.25) is 0 Å². The van der Waals surface area contributed by atoms with Crippen LogP contribution in [-0.4, -0.2) is 36.6 Å². The fraction of sp³-hybridized carbons (Fsp3) is 0.417. The number of carbonyl (C=O) groups is 1. The SMILES string of the molecule is CC1COCCN1C(=O)c1cc(I)ccc1Br. The number of hydrogen-bond acceptors (Lipinski definition) is 2. The van der Waals surface area contributed by atoms with Crippen molar-refractivity contribution in [2.75, 3.05) is 19.8 Å². The van der Waals surface area contributed by atoms with Crippen LogP contribution >= 0.6 is 38.5 Å². The van der Waals surface area contributed by atoms with Crippen molar-refractivity contribution in [3.63, 3.8) is 0 Å². The van der Waals surface area contributed by atoms with Gasteiger partial charge in [-0.05, 0) is 63.6 Å². The number of nitrogens with zero attached hydrogens (tertiary/aromatic N) is 1. The van der Waals surface area contributed by atoms with Crippen LogP contribution in [0.15, 0.2) is 22.7 Å². The summed E-state index contributed by atoms with van der Waals surface area (Å²) in [4.78, 5) is 14.3. The van der Waals surface area contributed by atoms with E-state index >= 15 is 0 Å². The fourth-order valence-corrected chi connectivity index (χ4v) is 2.75. The summed E-state index contributed by atoms with van der Waals surface area (Å²) >= 11 is 5.65. The number of rotatable bonds is 1. The largest absolute Gasteiger partial charge is 0.377 e. The van der Waals surface area contributed by atoms with Crippen molar-refractivity contribution in [2.24, 2.45) is 0 Å². The van der Waals surface area contributed by atoms with Gasteiger partial charge in [-0.2, -0.15) is 0 Å². The summed E-state index contributed by atoms with van der Waals surface area (Å²) in [7, 11) is 0. The molecule has 1 amide bonds. The predicted molar refractivity (Wildman–Crippen MR) is 78.2 cm³/mol. The molecule has 3 nitrogen and oxygen atoms in total. The first-order valence-electron chi connectivity index (χ1n) is 5.43. The van der Waals surface area contributed by atoms with Crippen LogP contribution in [0.5, 0.6) is 0 Å². The highest BCUT2D eigenvalue weighted by Crippen LogP contribution is 2.22. The van der Waals surface area contributed by atoms with Crippen molar-refractivity contribution >= 4 is 44.4 Å². The number of halogens is 2. The van der Waals surface area contributed by atoms with Gasteiger partial charge in [-0.25, -0.2) is 0 Å². The molecule has 17 heavy (non-hydrogen) atoms. The highest BCUT2D eigenvalue weighted by Gasteiger charge is 2.25. The van der Waals surface area contributed by atoms with Crippen molar-refractivity contribution in [2.45, 2.75) is 13.0 Å². The maximum atomic E-state index is 12.4. The number of carbonyl (C=O) groups excluding carboxylic acids is 1. The molecule has 1 atom stereocenters. The summed E-state index contributed by atoms with van der Waals surface area (Å²) in [6, 6.07) is 5.94. The molecule has 2 rings (SSSR count). The highest BCUT2D eigenvalue weighted by atomic mass is 127. The molecule has 1 aromatic rings. The minimum absolute atomic E-state index is 0.0752. The lowest BCUT2D eigenvalue weighted by atomic mass is 10.1. The molecular formula is C12H13BrINO2. The van der Waals surface area contributed by atoms with Gasteiger partial charge in [0.2, 0.25) is 0 Å². The molecule has 1 unspecified atom stereocenters. The van der Waals surface area contributed by atoms with E-state index in [0.717, 1.165) is 13.6 Å². The van der Waals surface area contributed by atoms with Crippen molar-refractivity contribution in [1.82, 2.24) is 4.90 Å². The highest BCUT2D eigenvalue weighted by molar-refractivity contribution is 14.1. The Kier molecular flexibility index (Phi) is 4.43. The van der Waals surface area contributed by atoms with E-state index in [-0.39, 0.29) is 11.9 Å². The molecule has 1 heterocycles. The van der Waals surface area contributed by atoms with E-state index in [0.29, 0.717) is 19.8 Å². The van der Waals surface area contributed by atoms with Crippen molar-refractivity contribution in [3.05, 3.63) is 31.8 Å². The summed E-state index contributed by atoms with van der Waals surface area (Å²) in [6.07, 6.45) is 0. The Morgan fingerprint density at radius 1 is 1.59 bits per heavy atom. The van der Waals surface area contributed by atoms with E-state index in [1.54, 1.807) is 0 Å². The Morgan fingerprint density at radius 2 is 2.35 bits per heavy atom. The third kappa shape index (κ3) is 3.00. The molecule has 5 heteroatoms. The molecule has 0 saturated carbocycles. The van der Waals surface area contributed by atoms with Crippen molar-refractivity contribution in [1.29, 1.82) is 0 Å². The van der Waals surface area contributed by atoms with E-state index in [1.807, 2.05) is 30.0 Å². The normalized spacial score (nSPS) is 20.4. The Labute approximate surface area is 123 Å². The van der Waals surface area contributed by atoms with E-state index in [2.05, 4.69) is 38.5 Å². The number of benzene rings is 1. The number of amides is 1. The molecule has 92 valence electrons. The maximum Gasteiger partial charge on any atom is 0.255 e. The molecule has 1 aromatic carbocycles. The second kappa shape index (κ2) is 5.67. The van der Waals surface area contributed by atoms with Crippen LogP contribution in [0.3, 0.4) is 0 Å². The summed E-state index contributed by atoms with van der Waals surface area (Å²) in [6.45, 7) is 3.92. The fourth-order valence-electron chi connectivity index (χ4n) is 1.84. The van der Waals surface area contributed by atoms with E-state index < -0.39 is 0 Å². The molecule has 1 fully saturated rings. The third-order valence-electron chi connectivity index (χ3n) is 2.79. The first kappa shape index (κ1) is 13.3. The second-order valence-corrected chi connectivity index (χ2v) is 6.15. The first-order chi connectivity index (χ1) is 8.09. The summed E-state index contributed by atoms with van der Waals surface area (Å²) < 4.78 is 7.26. The van der Waals surface area contributed by atoms with Crippen LogP contribution in [0.1, 0.15) is 17.3 Å². The van der Waals surface area contributed by atoms with Gasteiger partial charge < -0.3 is 9.64 Å². The Hall–Kier alpha value is -0.140. The lowest BCUT2D eigenvalue weighted by molar-refractivity contribution is 0.00354. The zero-order valence-corrected chi connectivity index (χ0v) is 13.2. The quantitative estimate of drug-likeness (QED) is 0.667. The van der Waals surface area contributed by atoms with Crippen molar-refractivity contribution in [3.8, 4) is 0 Å². The lowest BCUT2D eigenvalue weighted by Crippen LogP contribution is -2.47. The topological polar surface area (TPSA) is 29.5 Å². The molecule has 0 aromatic heterocycles. The minimum atomic E-state index is 0.0752. The van der Waals surface area contributed by atoms with E-state index in [4.69, 9.17) is 4.74 Å². The first-order valence-corrected chi connectivity index (χ1v) is 7.30.